The topological polar surface area (TPSA) is 114 Å². The molecule has 0 spiro atoms. The molecule has 0 atom stereocenters. The van der Waals surface area contributed by atoms with Gasteiger partial charge in [0.1, 0.15) is 5.57 Å². The summed E-state index contributed by atoms with van der Waals surface area (Å²) in [7, 11) is 0. The number of ether oxygens (including phenoxy) is 2. The lowest BCUT2D eigenvalue weighted by atomic mass is 10.1. The lowest BCUT2D eigenvalue weighted by Crippen LogP contribution is -2.54. The molecule has 0 bridgehead atoms. The van der Waals surface area contributed by atoms with Crippen LogP contribution in [0.15, 0.2) is 66.2 Å². The number of halogens is 1. The minimum Gasteiger partial charge on any atom is -0.490 e. The van der Waals surface area contributed by atoms with E-state index in [-0.39, 0.29) is 18.1 Å². The number of imide groups is 2. The number of benzene rings is 3. The van der Waals surface area contributed by atoms with Crippen LogP contribution in [0.4, 0.5) is 16.2 Å². The fourth-order valence-corrected chi connectivity index (χ4v) is 4.58. The molecule has 0 saturated carbocycles. The lowest BCUT2D eigenvalue weighted by Gasteiger charge is -2.26. The molecule has 1 aliphatic heterocycles. The van der Waals surface area contributed by atoms with Gasteiger partial charge in [-0.05, 0) is 91.4 Å². The highest BCUT2D eigenvalue weighted by atomic mass is 127. The zero-order valence-electron chi connectivity index (χ0n) is 21.5. The van der Waals surface area contributed by atoms with Crippen LogP contribution >= 0.6 is 22.6 Å². The number of amides is 5. The van der Waals surface area contributed by atoms with E-state index < -0.39 is 17.8 Å². The minimum absolute atomic E-state index is 0.209. The smallest absolute Gasteiger partial charge is 0.335 e. The Kier molecular flexibility index (Phi) is 8.65. The highest BCUT2D eigenvalue weighted by molar-refractivity contribution is 14.1. The summed E-state index contributed by atoms with van der Waals surface area (Å²) < 4.78 is 12.1. The summed E-state index contributed by atoms with van der Waals surface area (Å²) in [5.74, 6) is -1.18. The second kappa shape index (κ2) is 12.1. The van der Waals surface area contributed by atoms with E-state index in [4.69, 9.17) is 9.47 Å². The van der Waals surface area contributed by atoms with E-state index in [0.717, 1.165) is 16.0 Å². The third-order valence-corrected chi connectivity index (χ3v) is 6.52. The molecule has 3 aromatic carbocycles. The van der Waals surface area contributed by atoms with Crippen molar-refractivity contribution in [2.24, 2.45) is 0 Å². The maximum atomic E-state index is 13.2. The summed E-state index contributed by atoms with van der Waals surface area (Å²) in [5, 5.41) is 5.00. The molecule has 9 nitrogen and oxygen atoms in total. The molecular weight excluding hydrogens is 613 g/mol. The predicted molar refractivity (Wildman–Crippen MR) is 156 cm³/mol. The van der Waals surface area contributed by atoms with Gasteiger partial charge in [0, 0.05) is 5.69 Å². The molecule has 3 aromatic rings. The van der Waals surface area contributed by atoms with Gasteiger partial charge in [0.15, 0.2) is 18.1 Å². The lowest BCUT2D eigenvalue weighted by molar-refractivity contribution is -0.122. The standard InChI is InChI=1S/C29H26IN3O6/c1-4-38-24-15-19(14-23(30)26(24)39-16-25(34)31-20-9-5-17(2)6-10-20)13-22-27(35)32-29(37)33(28(22)36)21-11-7-18(3)8-12-21/h5-15H,4,16H2,1-3H3,(H,31,34)(H,32,35,37)/b22-13+. The second-order valence-electron chi connectivity index (χ2n) is 8.76. The van der Waals surface area contributed by atoms with E-state index in [1.807, 2.05) is 48.6 Å². The van der Waals surface area contributed by atoms with Gasteiger partial charge < -0.3 is 14.8 Å². The molecule has 10 heteroatoms. The number of anilines is 2. The van der Waals surface area contributed by atoms with Crippen LogP contribution in [-0.4, -0.2) is 37.0 Å². The van der Waals surface area contributed by atoms with Gasteiger partial charge in [-0.1, -0.05) is 35.4 Å². The van der Waals surface area contributed by atoms with Gasteiger partial charge >= 0.3 is 6.03 Å². The van der Waals surface area contributed by atoms with E-state index in [1.54, 1.807) is 55.5 Å². The van der Waals surface area contributed by atoms with Gasteiger partial charge in [-0.25, -0.2) is 9.69 Å². The zero-order valence-corrected chi connectivity index (χ0v) is 23.7. The highest BCUT2D eigenvalue weighted by Crippen LogP contribution is 2.35. The Hall–Kier alpha value is -4.19. The number of hydrogen-bond acceptors (Lipinski definition) is 6. The van der Waals surface area contributed by atoms with Gasteiger partial charge in [0.25, 0.3) is 17.7 Å². The first kappa shape index (κ1) is 27.8. The molecule has 4 rings (SSSR count). The van der Waals surface area contributed by atoms with Crippen LogP contribution in [0, 0.1) is 17.4 Å². The number of urea groups is 1. The molecule has 200 valence electrons. The quantitative estimate of drug-likeness (QED) is 0.204. The van der Waals surface area contributed by atoms with Crippen LogP contribution in [0.3, 0.4) is 0 Å². The number of hydrogen-bond donors (Lipinski definition) is 2. The molecule has 39 heavy (non-hydrogen) atoms. The summed E-state index contributed by atoms with van der Waals surface area (Å²) in [6, 6.07) is 16.7. The molecule has 1 heterocycles. The third kappa shape index (κ3) is 6.63. The molecule has 1 aliphatic rings. The van der Waals surface area contributed by atoms with Gasteiger partial charge in [0.2, 0.25) is 0 Å². The average Bonchev–Trinajstić information content (AvgIpc) is 2.88. The van der Waals surface area contributed by atoms with Crippen molar-refractivity contribution in [3.8, 4) is 11.5 Å². The van der Waals surface area contributed by atoms with Crippen molar-refractivity contribution in [2.45, 2.75) is 20.8 Å². The minimum atomic E-state index is -0.816. The SMILES string of the molecule is CCOc1cc(/C=C2\C(=O)NC(=O)N(c3ccc(C)cc3)C2=O)cc(I)c1OCC(=O)Nc1ccc(C)cc1. The summed E-state index contributed by atoms with van der Waals surface area (Å²) in [4.78, 5) is 51.7. The average molecular weight is 639 g/mol. The number of barbiturate groups is 1. The van der Waals surface area contributed by atoms with Crippen molar-refractivity contribution in [2.75, 3.05) is 23.4 Å². The molecule has 1 saturated heterocycles. The third-order valence-electron chi connectivity index (χ3n) is 5.72. The second-order valence-corrected chi connectivity index (χ2v) is 9.92. The largest absolute Gasteiger partial charge is 0.490 e. The number of carbonyl (C=O) groups excluding carboxylic acids is 4. The van der Waals surface area contributed by atoms with E-state index in [9.17, 15) is 19.2 Å². The number of nitrogens with one attached hydrogen (secondary N) is 2. The molecule has 2 N–H and O–H groups in total. The Balaban J connectivity index is 1.57. The Labute approximate surface area is 239 Å². The van der Waals surface area contributed by atoms with Crippen LogP contribution < -0.4 is 25.0 Å². The van der Waals surface area contributed by atoms with Crippen LogP contribution in [0.2, 0.25) is 0 Å². The predicted octanol–water partition coefficient (Wildman–Crippen LogP) is 4.99. The zero-order chi connectivity index (χ0) is 28.1. The van der Waals surface area contributed by atoms with Crippen molar-refractivity contribution in [1.29, 1.82) is 0 Å². The maximum Gasteiger partial charge on any atom is 0.335 e. The summed E-state index contributed by atoms with van der Waals surface area (Å²) >= 11 is 2.03. The van der Waals surface area contributed by atoms with Crippen molar-refractivity contribution in [1.82, 2.24) is 5.32 Å². The summed E-state index contributed by atoms with van der Waals surface area (Å²) in [6.07, 6.45) is 1.39. The monoisotopic (exact) mass is 639 g/mol. The van der Waals surface area contributed by atoms with E-state index in [1.165, 1.54) is 6.08 Å². The van der Waals surface area contributed by atoms with Gasteiger partial charge in [-0.2, -0.15) is 0 Å². The fourth-order valence-electron chi connectivity index (χ4n) is 3.80. The van der Waals surface area contributed by atoms with E-state index >= 15 is 0 Å². The molecule has 5 amide bonds. The van der Waals surface area contributed by atoms with E-state index in [2.05, 4.69) is 10.6 Å². The Bertz CT molecular complexity index is 1470. The van der Waals surface area contributed by atoms with Crippen molar-refractivity contribution in [3.05, 3.63) is 86.5 Å². The maximum absolute atomic E-state index is 13.2. The first-order chi connectivity index (χ1) is 18.7. The van der Waals surface area contributed by atoms with Crippen molar-refractivity contribution < 1.29 is 28.7 Å². The number of aryl methyl sites for hydroxylation is 2. The molecule has 0 aromatic heterocycles. The van der Waals surface area contributed by atoms with Crippen molar-refractivity contribution >= 4 is 63.8 Å². The van der Waals surface area contributed by atoms with Crippen molar-refractivity contribution in [3.63, 3.8) is 0 Å². The first-order valence-electron chi connectivity index (χ1n) is 12.1. The van der Waals surface area contributed by atoms with Gasteiger partial charge in [-0.15, -0.1) is 0 Å². The fraction of sp³-hybridized carbons (Fsp3) is 0.172. The Morgan fingerprint density at radius 2 is 1.62 bits per heavy atom. The van der Waals surface area contributed by atoms with Crippen LogP contribution in [0.1, 0.15) is 23.6 Å². The van der Waals surface area contributed by atoms with Crippen LogP contribution in [0.5, 0.6) is 11.5 Å². The molecule has 0 radical (unpaired) electrons. The van der Waals surface area contributed by atoms with Crippen LogP contribution in [-0.2, 0) is 14.4 Å². The molecule has 0 aliphatic carbocycles. The normalized spacial score (nSPS) is 14.3. The van der Waals surface area contributed by atoms with Gasteiger partial charge in [0.05, 0.1) is 15.9 Å². The Morgan fingerprint density at radius 3 is 2.26 bits per heavy atom. The van der Waals surface area contributed by atoms with E-state index in [0.29, 0.717) is 38.6 Å². The Morgan fingerprint density at radius 1 is 0.974 bits per heavy atom. The molecular formula is C29H26IN3O6. The highest BCUT2D eigenvalue weighted by Gasteiger charge is 2.36. The molecule has 1 fully saturated rings. The van der Waals surface area contributed by atoms with Crippen LogP contribution in [0.25, 0.3) is 6.08 Å². The summed E-state index contributed by atoms with van der Waals surface area (Å²) in [5.41, 5.74) is 3.32. The van der Waals surface area contributed by atoms with Gasteiger partial charge in [-0.3, -0.25) is 19.7 Å². The number of rotatable bonds is 8. The molecule has 0 unspecified atom stereocenters. The summed E-state index contributed by atoms with van der Waals surface area (Å²) in [6.45, 7) is 5.71. The number of nitrogens with zero attached hydrogens (tertiary/aromatic N) is 1. The first-order valence-corrected chi connectivity index (χ1v) is 13.2. The number of carbonyl (C=O) groups is 4.